The topological polar surface area (TPSA) is 50.9 Å². The lowest BCUT2D eigenvalue weighted by Crippen LogP contribution is -2.21. The molecule has 1 N–H and O–H groups in total. The number of phenols is 1. The zero-order chi connectivity index (χ0) is 14.3. The first-order chi connectivity index (χ1) is 9.45. The van der Waals surface area contributed by atoms with E-state index in [2.05, 4.69) is 30.9 Å². The molecule has 0 aliphatic heterocycles. The van der Waals surface area contributed by atoms with Gasteiger partial charge in [0.25, 0.3) is 0 Å². The largest absolute Gasteiger partial charge is 0.507 e. The van der Waals surface area contributed by atoms with Gasteiger partial charge in [-0.2, -0.15) is 5.10 Å². The number of phenolic OH excluding ortho intramolecular Hbond substituents is 1. The number of hydrogen-bond acceptors (Lipinski definition) is 3. The van der Waals surface area contributed by atoms with Gasteiger partial charge >= 0.3 is 0 Å². The van der Waals surface area contributed by atoms with Crippen LogP contribution in [0, 0.1) is 0 Å². The zero-order valence-electron chi connectivity index (χ0n) is 11.8. The molecule has 3 rings (SSSR count). The van der Waals surface area contributed by atoms with Crippen molar-refractivity contribution in [1.29, 1.82) is 0 Å². The molecule has 0 amide bonds. The van der Waals surface area contributed by atoms with E-state index in [1.165, 1.54) is 0 Å². The standard InChI is InChI=1S/C16H17N3O/c1-16(2,3)19-10-12(9-18-19)11-7-14-13(15(20)8-11)5-4-6-17-14/h4-10,20H,1-3H3. The van der Waals surface area contributed by atoms with Crippen LogP contribution < -0.4 is 0 Å². The number of nitrogens with zero attached hydrogens (tertiary/aromatic N) is 3. The van der Waals surface area contributed by atoms with E-state index in [9.17, 15) is 5.11 Å². The number of rotatable bonds is 1. The highest BCUT2D eigenvalue weighted by atomic mass is 16.3. The summed E-state index contributed by atoms with van der Waals surface area (Å²) < 4.78 is 1.92. The Morgan fingerprint density at radius 1 is 1.15 bits per heavy atom. The van der Waals surface area contributed by atoms with E-state index in [0.717, 1.165) is 22.0 Å². The minimum absolute atomic E-state index is 0.0601. The van der Waals surface area contributed by atoms with E-state index >= 15 is 0 Å². The van der Waals surface area contributed by atoms with E-state index < -0.39 is 0 Å². The fraction of sp³-hybridized carbons (Fsp3) is 0.250. The van der Waals surface area contributed by atoms with Crippen LogP contribution in [0.5, 0.6) is 5.75 Å². The number of benzene rings is 1. The van der Waals surface area contributed by atoms with Gasteiger partial charge in [-0.1, -0.05) is 0 Å². The molecule has 0 unspecified atom stereocenters. The van der Waals surface area contributed by atoms with Crippen LogP contribution in [-0.2, 0) is 5.54 Å². The van der Waals surface area contributed by atoms with E-state index in [0.29, 0.717) is 0 Å². The summed E-state index contributed by atoms with van der Waals surface area (Å²) >= 11 is 0. The van der Waals surface area contributed by atoms with E-state index in [1.807, 2.05) is 35.3 Å². The summed E-state index contributed by atoms with van der Waals surface area (Å²) in [7, 11) is 0. The molecule has 20 heavy (non-hydrogen) atoms. The number of aromatic nitrogens is 3. The van der Waals surface area contributed by atoms with Crippen LogP contribution in [0.3, 0.4) is 0 Å². The Kier molecular flexibility index (Phi) is 2.74. The van der Waals surface area contributed by atoms with Crippen LogP contribution in [0.1, 0.15) is 20.8 Å². The Bertz CT molecular complexity index is 769. The van der Waals surface area contributed by atoms with Crippen molar-refractivity contribution >= 4 is 10.9 Å². The third-order valence-corrected chi connectivity index (χ3v) is 3.30. The highest BCUT2D eigenvalue weighted by Crippen LogP contribution is 2.31. The smallest absolute Gasteiger partial charge is 0.125 e. The van der Waals surface area contributed by atoms with Crippen molar-refractivity contribution < 1.29 is 5.11 Å². The number of pyridine rings is 1. The predicted molar refractivity (Wildman–Crippen MR) is 79.6 cm³/mol. The molecule has 0 aliphatic carbocycles. The highest BCUT2D eigenvalue weighted by Gasteiger charge is 2.15. The predicted octanol–water partition coefficient (Wildman–Crippen LogP) is 3.56. The summed E-state index contributed by atoms with van der Waals surface area (Å²) in [5.74, 6) is 0.245. The lowest BCUT2D eigenvalue weighted by Gasteiger charge is -2.18. The van der Waals surface area contributed by atoms with E-state index in [1.54, 1.807) is 12.3 Å². The van der Waals surface area contributed by atoms with E-state index in [4.69, 9.17) is 0 Å². The summed E-state index contributed by atoms with van der Waals surface area (Å²) in [6.45, 7) is 6.30. The Morgan fingerprint density at radius 3 is 2.65 bits per heavy atom. The summed E-state index contributed by atoms with van der Waals surface area (Å²) in [5.41, 5.74) is 2.62. The second kappa shape index (κ2) is 4.34. The van der Waals surface area contributed by atoms with Gasteiger partial charge in [-0.15, -0.1) is 0 Å². The summed E-state index contributed by atoms with van der Waals surface area (Å²) in [4.78, 5) is 4.30. The van der Waals surface area contributed by atoms with Crippen LogP contribution in [0.2, 0.25) is 0 Å². The molecule has 3 aromatic rings. The maximum Gasteiger partial charge on any atom is 0.125 e. The lowest BCUT2D eigenvalue weighted by atomic mass is 10.1. The van der Waals surface area contributed by atoms with Crippen molar-refractivity contribution in [2.24, 2.45) is 0 Å². The van der Waals surface area contributed by atoms with Gasteiger partial charge in [0.05, 0.1) is 17.3 Å². The molecule has 4 heteroatoms. The maximum atomic E-state index is 10.1. The van der Waals surface area contributed by atoms with Crippen LogP contribution in [0.4, 0.5) is 0 Å². The number of hydrogen-bond donors (Lipinski definition) is 1. The molecule has 0 radical (unpaired) electrons. The molecule has 0 saturated carbocycles. The van der Waals surface area contributed by atoms with Crippen molar-refractivity contribution in [3.05, 3.63) is 42.9 Å². The second-order valence-electron chi connectivity index (χ2n) is 5.91. The Hall–Kier alpha value is -2.36. The normalized spacial score (nSPS) is 11.9. The summed E-state index contributed by atoms with van der Waals surface area (Å²) in [6.07, 6.45) is 5.53. The first-order valence-electron chi connectivity index (χ1n) is 6.58. The van der Waals surface area contributed by atoms with Gasteiger partial charge in [0.2, 0.25) is 0 Å². The first-order valence-corrected chi connectivity index (χ1v) is 6.58. The second-order valence-corrected chi connectivity index (χ2v) is 5.91. The lowest BCUT2D eigenvalue weighted by molar-refractivity contribution is 0.355. The minimum Gasteiger partial charge on any atom is -0.507 e. The van der Waals surface area contributed by atoms with Gasteiger partial charge in [0, 0.05) is 23.3 Å². The molecule has 2 heterocycles. The highest BCUT2D eigenvalue weighted by molar-refractivity contribution is 5.89. The molecular weight excluding hydrogens is 250 g/mol. The monoisotopic (exact) mass is 267 g/mol. The Morgan fingerprint density at radius 2 is 1.95 bits per heavy atom. The van der Waals surface area contributed by atoms with Crippen LogP contribution in [0.25, 0.3) is 22.0 Å². The SMILES string of the molecule is CC(C)(C)n1cc(-c2cc(O)c3cccnc3c2)cn1. The third kappa shape index (κ3) is 2.13. The fourth-order valence-electron chi connectivity index (χ4n) is 2.17. The Balaban J connectivity index is 2.13. The molecule has 1 aromatic carbocycles. The summed E-state index contributed by atoms with van der Waals surface area (Å²) in [6, 6.07) is 7.41. The number of fused-ring (bicyclic) bond motifs is 1. The molecule has 0 atom stereocenters. The fourth-order valence-corrected chi connectivity index (χ4v) is 2.17. The van der Waals surface area contributed by atoms with Crippen molar-refractivity contribution in [1.82, 2.24) is 14.8 Å². The van der Waals surface area contributed by atoms with Crippen LogP contribution in [-0.4, -0.2) is 19.9 Å². The molecule has 0 bridgehead atoms. The summed E-state index contributed by atoms with van der Waals surface area (Å²) in [5, 5.41) is 15.3. The van der Waals surface area contributed by atoms with Gasteiger partial charge in [-0.25, -0.2) is 0 Å². The molecule has 102 valence electrons. The minimum atomic E-state index is -0.0601. The van der Waals surface area contributed by atoms with Gasteiger partial charge in [-0.3, -0.25) is 9.67 Å². The molecule has 0 spiro atoms. The van der Waals surface area contributed by atoms with E-state index in [-0.39, 0.29) is 11.3 Å². The average molecular weight is 267 g/mol. The van der Waals surface area contributed by atoms with Crippen molar-refractivity contribution in [3.8, 4) is 16.9 Å². The van der Waals surface area contributed by atoms with Gasteiger partial charge in [0.1, 0.15) is 5.75 Å². The molecule has 0 saturated heterocycles. The van der Waals surface area contributed by atoms with Crippen molar-refractivity contribution in [2.75, 3.05) is 0 Å². The molecule has 0 fully saturated rings. The van der Waals surface area contributed by atoms with Crippen LogP contribution in [0.15, 0.2) is 42.9 Å². The third-order valence-electron chi connectivity index (χ3n) is 3.30. The quantitative estimate of drug-likeness (QED) is 0.733. The van der Waals surface area contributed by atoms with Gasteiger partial charge in [0.15, 0.2) is 0 Å². The maximum absolute atomic E-state index is 10.1. The van der Waals surface area contributed by atoms with Gasteiger partial charge < -0.3 is 5.11 Å². The zero-order valence-corrected chi connectivity index (χ0v) is 11.8. The van der Waals surface area contributed by atoms with Gasteiger partial charge in [-0.05, 0) is 50.6 Å². The molecular formula is C16H17N3O. The number of aromatic hydroxyl groups is 1. The molecule has 2 aromatic heterocycles. The molecule has 4 nitrogen and oxygen atoms in total. The van der Waals surface area contributed by atoms with Crippen molar-refractivity contribution in [2.45, 2.75) is 26.3 Å². The average Bonchev–Trinajstić information content (AvgIpc) is 2.88. The Labute approximate surface area is 117 Å². The van der Waals surface area contributed by atoms with Crippen molar-refractivity contribution in [3.63, 3.8) is 0 Å². The molecule has 0 aliphatic rings. The first kappa shape index (κ1) is 12.7. The van der Waals surface area contributed by atoms with Crippen LogP contribution >= 0.6 is 0 Å².